The number of carboxylic acids is 1. The molecule has 0 aromatic heterocycles. The molecule has 150 valence electrons. The van der Waals surface area contributed by atoms with Crippen LogP contribution in [0.2, 0.25) is 0 Å². The van der Waals surface area contributed by atoms with Crippen molar-refractivity contribution in [1.29, 1.82) is 0 Å². The highest BCUT2D eigenvalue weighted by atomic mass is 32.2. The second-order valence-corrected chi connectivity index (χ2v) is 9.28. The molecule has 0 bridgehead atoms. The van der Waals surface area contributed by atoms with Gasteiger partial charge in [-0.25, -0.2) is 9.79 Å². The Morgan fingerprint density at radius 2 is 2.04 bits per heavy atom. The summed E-state index contributed by atoms with van der Waals surface area (Å²) in [5.74, 6) is 0.266. The molecule has 3 fully saturated rings. The van der Waals surface area contributed by atoms with Crippen molar-refractivity contribution in [1.82, 2.24) is 4.90 Å². The number of aryl methyl sites for hydroxylation is 1. The first-order valence-corrected chi connectivity index (χ1v) is 11.6. The number of benzene rings is 1. The molecule has 2 saturated carbocycles. The quantitative estimate of drug-likeness (QED) is 0.652. The van der Waals surface area contributed by atoms with Gasteiger partial charge in [-0.3, -0.25) is 0 Å². The lowest BCUT2D eigenvalue weighted by Crippen LogP contribution is -2.50. The Morgan fingerprint density at radius 1 is 1.29 bits per heavy atom. The van der Waals surface area contributed by atoms with Gasteiger partial charge in [0.25, 0.3) is 0 Å². The molecule has 3 aliphatic rings. The van der Waals surface area contributed by atoms with Gasteiger partial charge in [-0.05, 0) is 61.4 Å². The molecular weight excluding hydrogens is 368 g/mol. The van der Waals surface area contributed by atoms with Gasteiger partial charge >= 0.3 is 5.97 Å². The zero-order valence-corrected chi connectivity index (χ0v) is 17.5. The van der Waals surface area contributed by atoms with Gasteiger partial charge in [0.2, 0.25) is 0 Å². The van der Waals surface area contributed by atoms with Gasteiger partial charge in [-0.15, -0.1) is 0 Å². The molecule has 1 aromatic rings. The van der Waals surface area contributed by atoms with Crippen molar-refractivity contribution in [2.75, 3.05) is 5.75 Å². The first kappa shape index (κ1) is 19.6. The van der Waals surface area contributed by atoms with E-state index in [2.05, 4.69) is 24.0 Å². The molecule has 0 radical (unpaired) electrons. The standard InChI is InChI=1S/C23H30N2O2S/c1-2-18-15-17(10-12-21(26)27)9-11-20(18)24-22-25(19-7-3-4-8-19)23(16-28-22)13-5-6-14-23/h9-12,15,19H,2-8,13-14,16H2,1H3,(H,26,27). The topological polar surface area (TPSA) is 52.9 Å². The maximum Gasteiger partial charge on any atom is 0.328 e. The number of nitrogens with zero attached hydrogens (tertiary/aromatic N) is 2. The van der Waals surface area contributed by atoms with E-state index in [4.69, 9.17) is 10.1 Å². The lowest BCUT2D eigenvalue weighted by molar-refractivity contribution is -0.131. The van der Waals surface area contributed by atoms with Crippen LogP contribution < -0.4 is 0 Å². The van der Waals surface area contributed by atoms with E-state index in [0.717, 1.165) is 17.7 Å². The van der Waals surface area contributed by atoms with Crippen molar-refractivity contribution in [3.05, 3.63) is 35.4 Å². The maximum atomic E-state index is 10.8. The Labute approximate surface area is 172 Å². The van der Waals surface area contributed by atoms with E-state index in [9.17, 15) is 4.79 Å². The third kappa shape index (κ3) is 3.86. The Kier molecular flexibility index (Phi) is 5.81. The van der Waals surface area contributed by atoms with Crippen molar-refractivity contribution in [2.45, 2.75) is 76.3 Å². The predicted molar refractivity (Wildman–Crippen MR) is 117 cm³/mol. The second-order valence-electron chi connectivity index (χ2n) is 8.34. The second kappa shape index (κ2) is 8.32. The summed E-state index contributed by atoms with van der Waals surface area (Å²) in [5, 5.41) is 10.1. The molecule has 4 nitrogen and oxygen atoms in total. The number of aliphatic imine (C=N–C) groups is 1. The minimum atomic E-state index is -0.918. The highest BCUT2D eigenvalue weighted by molar-refractivity contribution is 8.14. The van der Waals surface area contributed by atoms with E-state index >= 15 is 0 Å². The van der Waals surface area contributed by atoms with Crippen LogP contribution in [0.5, 0.6) is 0 Å². The van der Waals surface area contributed by atoms with Crippen molar-refractivity contribution >= 4 is 34.7 Å². The third-order valence-corrected chi connectivity index (χ3v) is 7.76. The molecule has 28 heavy (non-hydrogen) atoms. The molecule has 1 saturated heterocycles. The Morgan fingerprint density at radius 3 is 2.71 bits per heavy atom. The van der Waals surface area contributed by atoms with Gasteiger partial charge < -0.3 is 10.0 Å². The fraction of sp³-hybridized carbons (Fsp3) is 0.565. The van der Waals surface area contributed by atoms with Gasteiger partial charge in [-0.1, -0.05) is 50.4 Å². The normalized spacial score (nSPS) is 23.6. The molecule has 1 N–H and O–H groups in total. The van der Waals surface area contributed by atoms with Crippen molar-refractivity contribution in [2.24, 2.45) is 4.99 Å². The average Bonchev–Trinajstić information content (AvgIpc) is 3.44. The summed E-state index contributed by atoms with van der Waals surface area (Å²) < 4.78 is 0. The lowest BCUT2D eigenvalue weighted by atomic mass is 9.95. The van der Waals surface area contributed by atoms with Crippen LogP contribution in [-0.4, -0.2) is 38.5 Å². The van der Waals surface area contributed by atoms with Gasteiger partial charge in [-0.2, -0.15) is 0 Å². The molecule has 5 heteroatoms. The van der Waals surface area contributed by atoms with Crippen LogP contribution in [0, 0.1) is 0 Å². The molecule has 4 rings (SSSR count). The molecule has 1 spiro atoms. The summed E-state index contributed by atoms with van der Waals surface area (Å²) >= 11 is 1.95. The fourth-order valence-corrected chi connectivity index (χ4v) is 6.59. The van der Waals surface area contributed by atoms with Crippen LogP contribution in [-0.2, 0) is 11.2 Å². The minimum absolute atomic E-state index is 0.342. The Balaban J connectivity index is 1.66. The summed E-state index contributed by atoms with van der Waals surface area (Å²) in [6, 6.07) is 6.77. The molecule has 0 atom stereocenters. The van der Waals surface area contributed by atoms with E-state index in [1.807, 2.05) is 17.8 Å². The first-order chi connectivity index (χ1) is 13.6. The van der Waals surface area contributed by atoms with E-state index in [1.54, 1.807) is 6.08 Å². The van der Waals surface area contributed by atoms with E-state index in [1.165, 1.54) is 73.9 Å². The van der Waals surface area contributed by atoms with Gasteiger partial charge in [0.15, 0.2) is 5.17 Å². The molecular formula is C23H30N2O2S. The molecule has 0 unspecified atom stereocenters. The number of rotatable bonds is 5. The van der Waals surface area contributed by atoms with Crippen LogP contribution in [0.25, 0.3) is 6.08 Å². The summed E-state index contributed by atoms with van der Waals surface area (Å²) in [6.07, 6.45) is 14.4. The first-order valence-electron chi connectivity index (χ1n) is 10.7. The maximum absolute atomic E-state index is 10.8. The van der Waals surface area contributed by atoms with Gasteiger partial charge in [0.05, 0.1) is 11.2 Å². The molecule has 0 amide bonds. The highest BCUT2D eigenvalue weighted by Gasteiger charge is 2.49. The summed E-state index contributed by atoms with van der Waals surface area (Å²) in [6.45, 7) is 2.14. The highest BCUT2D eigenvalue weighted by Crippen LogP contribution is 2.48. The zero-order valence-electron chi connectivity index (χ0n) is 16.7. The largest absolute Gasteiger partial charge is 0.478 e. The van der Waals surface area contributed by atoms with E-state index < -0.39 is 5.97 Å². The monoisotopic (exact) mass is 398 g/mol. The van der Waals surface area contributed by atoms with Crippen LogP contribution in [0.1, 0.15) is 69.4 Å². The third-order valence-electron chi connectivity index (χ3n) is 6.53. The molecule has 2 aliphatic carbocycles. The SMILES string of the molecule is CCc1cc(C=CC(=O)O)ccc1N=C1SCC2(CCCC2)N1C1CCCC1. The Bertz CT molecular complexity index is 790. The van der Waals surface area contributed by atoms with E-state index in [-0.39, 0.29) is 0 Å². The molecule has 1 heterocycles. The number of carboxylic acid groups (broad SMARTS) is 1. The molecule has 1 aliphatic heterocycles. The smallest absolute Gasteiger partial charge is 0.328 e. The van der Waals surface area contributed by atoms with Crippen LogP contribution >= 0.6 is 11.8 Å². The number of carbonyl (C=O) groups is 1. The average molecular weight is 399 g/mol. The van der Waals surface area contributed by atoms with Gasteiger partial charge in [0.1, 0.15) is 0 Å². The van der Waals surface area contributed by atoms with Gasteiger partial charge in [0, 0.05) is 17.9 Å². The predicted octanol–water partition coefficient (Wildman–Crippen LogP) is 5.64. The van der Waals surface area contributed by atoms with Crippen LogP contribution in [0.3, 0.4) is 0 Å². The van der Waals surface area contributed by atoms with Crippen LogP contribution in [0.15, 0.2) is 29.3 Å². The van der Waals surface area contributed by atoms with Crippen molar-refractivity contribution in [3.8, 4) is 0 Å². The summed E-state index contributed by atoms with van der Waals surface area (Å²) in [4.78, 5) is 18.7. The van der Waals surface area contributed by atoms with E-state index in [0.29, 0.717) is 11.6 Å². The van der Waals surface area contributed by atoms with Crippen LogP contribution in [0.4, 0.5) is 5.69 Å². The minimum Gasteiger partial charge on any atom is -0.478 e. The number of aliphatic carboxylic acids is 1. The van der Waals surface area contributed by atoms with Crippen molar-refractivity contribution in [3.63, 3.8) is 0 Å². The lowest BCUT2D eigenvalue weighted by Gasteiger charge is -2.40. The number of hydrogen-bond donors (Lipinski definition) is 1. The Hall–Kier alpha value is -1.75. The number of hydrogen-bond acceptors (Lipinski definition) is 3. The number of thioether (sulfide) groups is 1. The summed E-state index contributed by atoms with van der Waals surface area (Å²) in [5.41, 5.74) is 3.48. The summed E-state index contributed by atoms with van der Waals surface area (Å²) in [7, 11) is 0. The van der Waals surface area contributed by atoms with Crippen molar-refractivity contribution < 1.29 is 9.90 Å². The zero-order chi connectivity index (χ0) is 19.6. The molecule has 1 aromatic carbocycles. The number of amidine groups is 1. The fourth-order valence-electron chi connectivity index (χ4n) is 5.12.